The van der Waals surface area contributed by atoms with Crippen LogP contribution in [0, 0.1) is 0 Å². The Morgan fingerprint density at radius 1 is 1.26 bits per heavy atom. The van der Waals surface area contributed by atoms with Crippen molar-refractivity contribution in [1.82, 2.24) is 19.6 Å². The molecule has 4 rings (SSSR count). The van der Waals surface area contributed by atoms with Gasteiger partial charge in [-0.15, -0.1) is 0 Å². The Morgan fingerprint density at radius 2 is 2.07 bits per heavy atom. The second kappa shape index (κ2) is 6.76. The number of rotatable bonds is 4. The topological polar surface area (TPSA) is 106 Å². The van der Waals surface area contributed by atoms with Gasteiger partial charge in [-0.05, 0) is 12.5 Å². The van der Waals surface area contributed by atoms with Crippen LogP contribution in [0.15, 0.2) is 46.0 Å². The Labute approximate surface area is 156 Å². The van der Waals surface area contributed by atoms with Gasteiger partial charge in [-0.1, -0.05) is 36.5 Å². The number of pyridine rings is 1. The van der Waals surface area contributed by atoms with Crippen molar-refractivity contribution in [2.75, 3.05) is 0 Å². The van der Waals surface area contributed by atoms with Crippen molar-refractivity contribution in [3.63, 3.8) is 0 Å². The van der Waals surface area contributed by atoms with Crippen LogP contribution in [0.5, 0.6) is 0 Å². The highest BCUT2D eigenvalue weighted by molar-refractivity contribution is 7.16. The van der Waals surface area contributed by atoms with Gasteiger partial charge in [0, 0.05) is 23.0 Å². The molecule has 0 aliphatic rings. The summed E-state index contributed by atoms with van der Waals surface area (Å²) in [6.07, 6.45) is 0.702. The summed E-state index contributed by atoms with van der Waals surface area (Å²) in [6.45, 7) is 1.77. The van der Waals surface area contributed by atoms with Crippen molar-refractivity contribution in [2.45, 2.75) is 20.0 Å². The number of para-hydroxylation sites is 1. The number of aromatic amines is 1. The second-order valence-electron chi connectivity index (χ2n) is 5.80. The number of benzene rings is 1. The van der Waals surface area contributed by atoms with Gasteiger partial charge in [0.05, 0.1) is 11.3 Å². The molecule has 0 radical (unpaired) electrons. The van der Waals surface area contributed by atoms with E-state index in [-0.39, 0.29) is 17.7 Å². The quantitative estimate of drug-likeness (QED) is 0.541. The molecule has 9 heteroatoms. The monoisotopic (exact) mass is 382 g/mol. The number of hydrogen-bond donors (Lipinski definition) is 1. The number of esters is 1. The SMILES string of the molecule is CCc1nn2c(=O)cc(COC(=O)c3cc(=O)[nH]c4ccccc34)nc2s1. The fourth-order valence-corrected chi connectivity index (χ4v) is 3.56. The van der Waals surface area contributed by atoms with Gasteiger partial charge in [-0.25, -0.2) is 9.78 Å². The Hall–Kier alpha value is -3.33. The molecule has 0 amide bonds. The maximum Gasteiger partial charge on any atom is 0.339 e. The summed E-state index contributed by atoms with van der Waals surface area (Å²) >= 11 is 1.31. The molecule has 0 aliphatic heterocycles. The average molecular weight is 382 g/mol. The minimum absolute atomic E-state index is 0.165. The fourth-order valence-electron chi connectivity index (χ4n) is 2.70. The average Bonchev–Trinajstić information content (AvgIpc) is 3.09. The number of aromatic nitrogens is 4. The van der Waals surface area contributed by atoms with E-state index < -0.39 is 11.5 Å². The Kier molecular flexibility index (Phi) is 4.28. The highest BCUT2D eigenvalue weighted by Crippen LogP contribution is 2.16. The summed E-state index contributed by atoms with van der Waals surface area (Å²) < 4.78 is 6.53. The molecule has 3 heterocycles. The summed E-state index contributed by atoms with van der Waals surface area (Å²) in [7, 11) is 0. The molecule has 0 atom stereocenters. The Bertz CT molecular complexity index is 1290. The molecule has 0 unspecified atom stereocenters. The Balaban J connectivity index is 1.62. The smallest absolute Gasteiger partial charge is 0.339 e. The molecular formula is C18H14N4O4S. The largest absolute Gasteiger partial charge is 0.456 e. The molecule has 0 saturated carbocycles. The van der Waals surface area contributed by atoms with Crippen molar-refractivity contribution in [3.05, 3.63) is 73.4 Å². The second-order valence-corrected chi connectivity index (χ2v) is 6.84. The van der Waals surface area contributed by atoms with Gasteiger partial charge < -0.3 is 9.72 Å². The van der Waals surface area contributed by atoms with Crippen LogP contribution < -0.4 is 11.1 Å². The molecular weight excluding hydrogens is 368 g/mol. The molecule has 0 spiro atoms. The predicted molar refractivity (Wildman–Crippen MR) is 100 cm³/mol. The van der Waals surface area contributed by atoms with E-state index in [1.807, 2.05) is 6.92 Å². The van der Waals surface area contributed by atoms with E-state index in [2.05, 4.69) is 15.1 Å². The summed E-state index contributed by atoms with van der Waals surface area (Å²) in [5.41, 5.74) is 0.317. The van der Waals surface area contributed by atoms with Crippen LogP contribution in [0.2, 0.25) is 0 Å². The van der Waals surface area contributed by atoms with Crippen LogP contribution in [-0.4, -0.2) is 25.6 Å². The van der Waals surface area contributed by atoms with Gasteiger partial charge in [0.1, 0.15) is 11.6 Å². The lowest BCUT2D eigenvalue weighted by Crippen LogP contribution is -2.17. The van der Waals surface area contributed by atoms with E-state index in [4.69, 9.17) is 4.74 Å². The molecule has 27 heavy (non-hydrogen) atoms. The highest BCUT2D eigenvalue weighted by atomic mass is 32.1. The van der Waals surface area contributed by atoms with Crippen LogP contribution in [0.4, 0.5) is 0 Å². The molecule has 1 N–H and O–H groups in total. The minimum Gasteiger partial charge on any atom is -0.456 e. The van der Waals surface area contributed by atoms with Crippen molar-refractivity contribution < 1.29 is 9.53 Å². The van der Waals surface area contributed by atoms with Crippen LogP contribution >= 0.6 is 11.3 Å². The van der Waals surface area contributed by atoms with E-state index in [1.165, 1.54) is 28.0 Å². The third kappa shape index (κ3) is 3.24. The summed E-state index contributed by atoms with van der Waals surface area (Å²) in [4.78, 5) is 43.9. The van der Waals surface area contributed by atoms with Crippen molar-refractivity contribution in [2.24, 2.45) is 0 Å². The third-order valence-corrected chi connectivity index (χ3v) is 5.02. The molecule has 136 valence electrons. The molecule has 0 bridgehead atoms. The molecule has 0 aliphatic carbocycles. The first-order valence-electron chi connectivity index (χ1n) is 8.23. The van der Waals surface area contributed by atoms with Gasteiger partial charge in [-0.3, -0.25) is 9.59 Å². The number of H-pyrrole nitrogens is 1. The zero-order chi connectivity index (χ0) is 19.0. The maximum absolute atomic E-state index is 12.5. The van der Waals surface area contributed by atoms with E-state index >= 15 is 0 Å². The van der Waals surface area contributed by atoms with E-state index in [0.29, 0.717) is 28.0 Å². The molecule has 0 saturated heterocycles. The lowest BCUT2D eigenvalue weighted by Gasteiger charge is -2.07. The van der Waals surface area contributed by atoms with Crippen LogP contribution in [0.3, 0.4) is 0 Å². The number of carbonyl (C=O) groups excluding carboxylic acids is 1. The number of nitrogens with zero attached hydrogens (tertiary/aromatic N) is 3. The van der Waals surface area contributed by atoms with Crippen molar-refractivity contribution >= 4 is 33.2 Å². The molecule has 0 fully saturated rings. The van der Waals surface area contributed by atoms with Gasteiger partial charge in [-0.2, -0.15) is 9.61 Å². The van der Waals surface area contributed by atoms with E-state index in [9.17, 15) is 14.4 Å². The maximum atomic E-state index is 12.5. The van der Waals surface area contributed by atoms with E-state index in [1.54, 1.807) is 24.3 Å². The molecule has 1 aromatic carbocycles. The van der Waals surface area contributed by atoms with Crippen LogP contribution in [0.25, 0.3) is 15.9 Å². The zero-order valence-electron chi connectivity index (χ0n) is 14.3. The third-order valence-electron chi connectivity index (χ3n) is 3.96. The summed E-state index contributed by atoms with van der Waals surface area (Å²) in [6, 6.07) is 9.45. The van der Waals surface area contributed by atoms with E-state index in [0.717, 1.165) is 5.01 Å². The molecule has 8 nitrogen and oxygen atoms in total. The number of aryl methyl sites for hydroxylation is 1. The zero-order valence-corrected chi connectivity index (χ0v) is 15.1. The number of carbonyl (C=O) groups is 1. The first kappa shape index (κ1) is 17.1. The number of fused-ring (bicyclic) bond motifs is 2. The van der Waals surface area contributed by atoms with Crippen molar-refractivity contribution in [3.8, 4) is 0 Å². The van der Waals surface area contributed by atoms with Gasteiger partial charge in [0.2, 0.25) is 10.5 Å². The number of hydrogen-bond acceptors (Lipinski definition) is 7. The number of ether oxygens (including phenoxy) is 1. The standard InChI is InChI=1S/C18H14N4O4S/c1-2-15-21-22-16(24)7-10(19-18(22)27-15)9-26-17(25)12-8-14(23)20-13-6-4-3-5-11(12)13/h3-8H,2,9H2,1H3,(H,20,23). The van der Waals surface area contributed by atoms with Gasteiger partial charge in [0.15, 0.2) is 0 Å². The van der Waals surface area contributed by atoms with Gasteiger partial charge >= 0.3 is 5.97 Å². The van der Waals surface area contributed by atoms with Crippen molar-refractivity contribution in [1.29, 1.82) is 0 Å². The molecule has 3 aromatic heterocycles. The minimum atomic E-state index is -0.655. The molecule has 4 aromatic rings. The lowest BCUT2D eigenvalue weighted by atomic mass is 10.1. The lowest BCUT2D eigenvalue weighted by molar-refractivity contribution is 0.0470. The fraction of sp³-hybridized carbons (Fsp3) is 0.167. The van der Waals surface area contributed by atoms with Crippen LogP contribution in [0.1, 0.15) is 28.0 Å². The predicted octanol–water partition coefficient (Wildman–Crippen LogP) is 1.91. The summed E-state index contributed by atoms with van der Waals surface area (Å²) in [5, 5.41) is 5.55. The van der Waals surface area contributed by atoms with Gasteiger partial charge in [0.25, 0.3) is 5.56 Å². The first-order valence-corrected chi connectivity index (χ1v) is 9.04. The highest BCUT2D eigenvalue weighted by Gasteiger charge is 2.15. The number of nitrogens with one attached hydrogen (secondary N) is 1. The Morgan fingerprint density at radius 3 is 2.89 bits per heavy atom. The normalized spacial score (nSPS) is 11.1. The first-order chi connectivity index (χ1) is 13.0. The summed E-state index contributed by atoms with van der Waals surface area (Å²) in [5.74, 6) is -0.655. The van der Waals surface area contributed by atoms with Crippen LogP contribution in [-0.2, 0) is 17.8 Å².